The summed E-state index contributed by atoms with van der Waals surface area (Å²) in [6, 6.07) is 0. The van der Waals surface area contributed by atoms with Crippen molar-refractivity contribution in [1.29, 1.82) is 0 Å². The molecule has 0 fully saturated rings. The van der Waals surface area contributed by atoms with Gasteiger partial charge in [-0.3, -0.25) is 0 Å². The first-order valence-corrected chi connectivity index (χ1v) is 4.10. The van der Waals surface area contributed by atoms with E-state index in [0.29, 0.717) is 0 Å². The Bertz CT molecular complexity index is 201. The third-order valence-corrected chi connectivity index (χ3v) is 1.12. The fraction of sp³-hybridized carbons (Fsp3) is 0.875. The largest absolute Gasteiger partial charge is 0.443 e. The lowest BCUT2D eigenvalue weighted by Gasteiger charge is -2.21. The van der Waals surface area contributed by atoms with Crippen LogP contribution in [0.3, 0.4) is 0 Å². The van der Waals surface area contributed by atoms with E-state index in [-0.39, 0.29) is 0 Å². The van der Waals surface area contributed by atoms with Gasteiger partial charge in [0.15, 0.2) is 6.61 Å². The highest BCUT2D eigenvalue weighted by Crippen LogP contribution is 2.12. The van der Waals surface area contributed by atoms with E-state index in [1.54, 1.807) is 20.8 Å². The summed E-state index contributed by atoms with van der Waals surface area (Å²) < 4.78 is 29.0. The van der Waals surface area contributed by atoms with Crippen molar-refractivity contribution < 1.29 is 23.4 Å². The second-order valence-corrected chi connectivity index (χ2v) is 3.97. The lowest BCUT2D eigenvalue weighted by Crippen LogP contribution is -2.42. The van der Waals surface area contributed by atoms with E-state index < -0.39 is 30.8 Å². The van der Waals surface area contributed by atoms with Crippen LogP contribution in [-0.2, 0) is 4.74 Å². The predicted octanol–water partition coefficient (Wildman–Crippen LogP) is 1.14. The number of nitrogens with one attached hydrogen (secondary N) is 1. The average molecular weight is 211 g/mol. The van der Waals surface area contributed by atoms with Crippen molar-refractivity contribution >= 4 is 6.09 Å². The normalized spacial score (nSPS) is 12.4. The molecule has 0 aromatic rings. The van der Waals surface area contributed by atoms with Gasteiger partial charge in [0.05, 0.1) is 0 Å². The highest BCUT2D eigenvalue weighted by Gasteiger charge is 2.30. The van der Waals surface area contributed by atoms with Gasteiger partial charge in [0, 0.05) is 5.54 Å². The predicted molar refractivity (Wildman–Crippen MR) is 46.3 cm³/mol. The number of alkyl carbamates (subject to hydrolysis) is 1. The Balaban J connectivity index is 3.87. The van der Waals surface area contributed by atoms with Gasteiger partial charge in [-0.1, -0.05) is 0 Å². The molecule has 0 atom stereocenters. The summed E-state index contributed by atoms with van der Waals surface area (Å²) in [5.74, 6) is -3.38. The smallest absolute Gasteiger partial charge is 0.407 e. The standard InChI is InChI=1S/C8H15F2NO3/c1-7(2,3)11-6(13)14-5-8(9,10)4-12/h12H,4-5H2,1-3H3,(H,11,13). The third-order valence-electron chi connectivity index (χ3n) is 1.12. The topological polar surface area (TPSA) is 58.6 Å². The van der Waals surface area contributed by atoms with Gasteiger partial charge in [-0.2, -0.15) is 0 Å². The third kappa shape index (κ3) is 6.59. The van der Waals surface area contributed by atoms with Crippen molar-refractivity contribution in [2.45, 2.75) is 32.2 Å². The van der Waals surface area contributed by atoms with Crippen LogP contribution in [0.25, 0.3) is 0 Å². The van der Waals surface area contributed by atoms with Crippen LogP contribution in [-0.4, -0.2) is 35.9 Å². The Labute approximate surface area is 81.2 Å². The molecule has 0 aromatic carbocycles. The number of carbonyl (C=O) groups is 1. The SMILES string of the molecule is CC(C)(C)NC(=O)OCC(F)(F)CO. The van der Waals surface area contributed by atoms with E-state index in [9.17, 15) is 13.6 Å². The molecular weight excluding hydrogens is 196 g/mol. The molecule has 2 N–H and O–H groups in total. The lowest BCUT2D eigenvalue weighted by atomic mass is 10.1. The summed E-state index contributed by atoms with van der Waals surface area (Å²) in [6.07, 6.45) is -0.925. The minimum atomic E-state index is -3.38. The van der Waals surface area contributed by atoms with Gasteiger partial charge >= 0.3 is 12.0 Å². The van der Waals surface area contributed by atoms with Crippen LogP contribution in [0, 0.1) is 0 Å². The molecule has 0 spiro atoms. The zero-order valence-electron chi connectivity index (χ0n) is 8.43. The fourth-order valence-electron chi connectivity index (χ4n) is 0.559. The Kier molecular flexibility index (Phi) is 4.25. The van der Waals surface area contributed by atoms with Gasteiger partial charge in [-0.15, -0.1) is 0 Å². The molecule has 0 radical (unpaired) electrons. The molecule has 0 aliphatic rings. The molecule has 0 heterocycles. The number of ether oxygens (including phenoxy) is 1. The van der Waals surface area contributed by atoms with Crippen molar-refractivity contribution in [1.82, 2.24) is 5.32 Å². The lowest BCUT2D eigenvalue weighted by molar-refractivity contribution is -0.0901. The molecule has 0 aromatic heterocycles. The number of amides is 1. The van der Waals surface area contributed by atoms with Crippen molar-refractivity contribution in [2.75, 3.05) is 13.2 Å². The van der Waals surface area contributed by atoms with E-state index in [1.165, 1.54) is 0 Å². The number of hydrogen-bond donors (Lipinski definition) is 2. The first kappa shape index (κ1) is 13.1. The molecule has 0 aliphatic heterocycles. The number of rotatable bonds is 3. The molecule has 1 amide bonds. The number of aliphatic hydroxyl groups excluding tert-OH is 1. The minimum absolute atomic E-state index is 0.536. The Morgan fingerprint density at radius 3 is 2.29 bits per heavy atom. The van der Waals surface area contributed by atoms with Gasteiger partial charge in [-0.05, 0) is 20.8 Å². The molecule has 84 valence electrons. The van der Waals surface area contributed by atoms with E-state index in [0.717, 1.165) is 0 Å². The van der Waals surface area contributed by atoms with Crippen LogP contribution in [0.5, 0.6) is 0 Å². The minimum Gasteiger partial charge on any atom is -0.443 e. The van der Waals surface area contributed by atoms with E-state index in [1.807, 2.05) is 0 Å². The van der Waals surface area contributed by atoms with Gasteiger partial charge in [-0.25, -0.2) is 13.6 Å². The van der Waals surface area contributed by atoms with Crippen molar-refractivity contribution in [3.63, 3.8) is 0 Å². The molecular formula is C8H15F2NO3. The van der Waals surface area contributed by atoms with E-state index in [2.05, 4.69) is 10.1 Å². The summed E-state index contributed by atoms with van der Waals surface area (Å²) in [4.78, 5) is 10.9. The molecule has 6 heteroatoms. The first-order valence-electron chi connectivity index (χ1n) is 4.10. The van der Waals surface area contributed by atoms with Gasteiger partial charge in [0.25, 0.3) is 0 Å². The molecule has 0 unspecified atom stereocenters. The van der Waals surface area contributed by atoms with E-state index in [4.69, 9.17) is 5.11 Å². The molecule has 14 heavy (non-hydrogen) atoms. The zero-order valence-corrected chi connectivity index (χ0v) is 8.43. The van der Waals surface area contributed by atoms with Crippen LogP contribution in [0.1, 0.15) is 20.8 Å². The quantitative estimate of drug-likeness (QED) is 0.735. The van der Waals surface area contributed by atoms with Gasteiger partial charge in [0.2, 0.25) is 0 Å². The molecule has 0 aliphatic carbocycles. The van der Waals surface area contributed by atoms with Gasteiger partial charge < -0.3 is 15.2 Å². The van der Waals surface area contributed by atoms with E-state index >= 15 is 0 Å². The molecule has 0 saturated heterocycles. The van der Waals surface area contributed by atoms with Crippen molar-refractivity contribution in [3.05, 3.63) is 0 Å². The molecule has 0 saturated carbocycles. The average Bonchev–Trinajstić information content (AvgIpc) is 1.98. The maximum atomic E-state index is 12.4. The van der Waals surface area contributed by atoms with Crippen LogP contribution in [0.4, 0.5) is 13.6 Å². The van der Waals surface area contributed by atoms with Crippen LogP contribution >= 0.6 is 0 Å². The van der Waals surface area contributed by atoms with Crippen LogP contribution in [0.2, 0.25) is 0 Å². The molecule has 0 bridgehead atoms. The van der Waals surface area contributed by atoms with Gasteiger partial charge in [0.1, 0.15) is 6.61 Å². The molecule has 0 rings (SSSR count). The highest BCUT2D eigenvalue weighted by molar-refractivity contribution is 5.68. The first-order chi connectivity index (χ1) is 6.16. The number of carbonyl (C=O) groups excluding carboxylic acids is 1. The number of alkyl halides is 2. The Morgan fingerprint density at radius 2 is 1.93 bits per heavy atom. The fourth-order valence-corrected chi connectivity index (χ4v) is 0.559. The number of hydrogen-bond acceptors (Lipinski definition) is 3. The number of halogens is 2. The summed E-state index contributed by atoms with van der Waals surface area (Å²) in [5, 5.41) is 10.5. The van der Waals surface area contributed by atoms with Crippen LogP contribution < -0.4 is 5.32 Å². The maximum absolute atomic E-state index is 12.4. The Hall–Kier alpha value is -0.910. The zero-order chi connectivity index (χ0) is 11.4. The Morgan fingerprint density at radius 1 is 1.43 bits per heavy atom. The summed E-state index contributed by atoms with van der Waals surface area (Å²) in [6.45, 7) is 2.62. The maximum Gasteiger partial charge on any atom is 0.407 e. The van der Waals surface area contributed by atoms with Crippen LogP contribution in [0.15, 0.2) is 0 Å². The summed E-state index contributed by atoms with van der Waals surface area (Å²) >= 11 is 0. The monoisotopic (exact) mass is 211 g/mol. The second-order valence-electron chi connectivity index (χ2n) is 3.97. The molecule has 4 nitrogen and oxygen atoms in total. The second kappa shape index (κ2) is 4.54. The van der Waals surface area contributed by atoms with Crippen molar-refractivity contribution in [3.8, 4) is 0 Å². The highest BCUT2D eigenvalue weighted by atomic mass is 19.3. The van der Waals surface area contributed by atoms with Crippen molar-refractivity contribution in [2.24, 2.45) is 0 Å². The summed E-state index contributed by atoms with van der Waals surface area (Å²) in [5.41, 5.74) is -0.536. The number of aliphatic hydroxyl groups is 1. The summed E-state index contributed by atoms with van der Waals surface area (Å²) in [7, 11) is 0.